The van der Waals surface area contributed by atoms with Crippen molar-refractivity contribution in [3.8, 4) is 0 Å². The van der Waals surface area contributed by atoms with Crippen LogP contribution in [0.5, 0.6) is 0 Å². The Labute approximate surface area is 98.4 Å². The van der Waals surface area contributed by atoms with Crippen molar-refractivity contribution >= 4 is 11.6 Å². The third-order valence-corrected chi connectivity index (χ3v) is 2.08. The minimum Gasteiger partial charge on any atom is -0.383 e. The van der Waals surface area contributed by atoms with E-state index in [1.165, 1.54) is 0 Å². The quantitative estimate of drug-likeness (QED) is 0.742. The summed E-state index contributed by atoms with van der Waals surface area (Å²) < 4.78 is 28.3. The van der Waals surface area contributed by atoms with E-state index >= 15 is 0 Å². The Kier molecular flexibility index (Phi) is 5.02. The fraction of sp³-hybridized carbons (Fsp3) is 0.600. The third kappa shape index (κ3) is 4.48. The molecular weight excluding hydrogens is 230 g/mol. The Bertz CT molecular complexity index is 374. The Morgan fingerprint density at radius 1 is 1.35 bits per heavy atom. The summed E-state index contributed by atoms with van der Waals surface area (Å²) in [5.74, 6) is 1.58. The molecule has 17 heavy (non-hydrogen) atoms. The largest absolute Gasteiger partial charge is 0.383 e. The summed E-state index contributed by atoms with van der Waals surface area (Å²) in [5, 5.41) is 2.97. The number of nitrogens with zero attached hydrogens (tertiary/aromatic N) is 2. The number of nitrogen functional groups attached to an aromatic ring is 1. The Morgan fingerprint density at radius 2 is 2.06 bits per heavy atom. The van der Waals surface area contributed by atoms with Crippen molar-refractivity contribution < 1.29 is 13.5 Å². The van der Waals surface area contributed by atoms with Crippen molar-refractivity contribution in [2.45, 2.75) is 20.3 Å². The van der Waals surface area contributed by atoms with Crippen LogP contribution in [0.2, 0.25) is 0 Å². The maximum atomic E-state index is 11.8. The van der Waals surface area contributed by atoms with E-state index in [9.17, 15) is 8.78 Å². The van der Waals surface area contributed by atoms with Crippen molar-refractivity contribution in [3.63, 3.8) is 0 Å². The normalized spacial score (nSPS) is 10.9. The molecule has 7 heteroatoms. The van der Waals surface area contributed by atoms with Crippen molar-refractivity contribution in [3.05, 3.63) is 11.4 Å². The second kappa shape index (κ2) is 6.29. The average Bonchev–Trinajstić information content (AvgIpc) is 2.23. The highest BCUT2D eigenvalue weighted by Gasteiger charge is 2.06. The summed E-state index contributed by atoms with van der Waals surface area (Å²) in [6.07, 6.45) is -2.44. The minimum absolute atomic E-state index is 0.187. The van der Waals surface area contributed by atoms with Gasteiger partial charge in [-0.3, -0.25) is 0 Å². The molecule has 0 unspecified atom stereocenters. The van der Waals surface area contributed by atoms with Crippen LogP contribution in [0.3, 0.4) is 0 Å². The predicted molar refractivity (Wildman–Crippen MR) is 61.2 cm³/mol. The predicted octanol–water partition coefficient (Wildman–Crippen LogP) is 1.37. The number of aryl methyl sites for hydroxylation is 1. The Balaban J connectivity index is 2.41. The molecule has 0 atom stereocenters. The lowest BCUT2D eigenvalue weighted by Crippen LogP contribution is -2.15. The molecule has 0 fully saturated rings. The Morgan fingerprint density at radius 3 is 2.71 bits per heavy atom. The van der Waals surface area contributed by atoms with Crippen LogP contribution >= 0.6 is 0 Å². The molecule has 1 rings (SSSR count). The van der Waals surface area contributed by atoms with Gasteiger partial charge in [0.05, 0.1) is 6.61 Å². The zero-order valence-electron chi connectivity index (χ0n) is 9.83. The molecule has 0 aliphatic heterocycles. The molecule has 1 aromatic heterocycles. The van der Waals surface area contributed by atoms with E-state index < -0.39 is 13.0 Å². The van der Waals surface area contributed by atoms with Crippen molar-refractivity contribution in [2.24, 2.45) is 0 Å². The molecule has 0 spiro atoms. The number of hydrogen-bond acceptors (Lipinski definition) is 5. The highest BCUT2D eigenvalue weighted by molar-refractivity contribution is 5.54. The van der Waals surface area contributed by atoms with Gasteiger partial charge in [0, 0.05) is 12.1 Å². The van der Waals surface area contributed by atoms with Crippen molar-refractivity contribution in [1.29, 1.82) is 0 Å². The van der Waals surface area contributed by atoms with Crippen molar-refractivity contribution in [2.75, 3.05) is 30.8 Å². The van der Waals surface area contributed by atoms with Gasteiger partial charge in [-0.25, -0.2) is 18.7 Å². The monoisotopic (exact) mass is 246 g/mol. The molecule has 5 nitrogen and oxygen atoms in total. The van der Waals surface area contributed by atoms with Gasteiger partial charge < -0.3 is 15.8 Å². The molecule has 0 saturated heterocycles. The fourth-order valence-corrected chi connectivity index (χ4v) is 1.24. The van der Waals surface area contributed by atoms with E-state index in [0.29, 0.717) is 24.0 Å². The van der Waals surface area contributed by atoms with Crippen LogP contribution < -0.4 is 11.1 Å². The Hall–Kier alpha value is -1.50. The number of nitrogens with two attached hydrogens (primary N) is 1. The van der Waals surface area contributed by atoms with Crippen LogP contribution in [-0.2, 0) is 4.74 Å². The lowest BCUT2D eigenvalue weighted by Gasteiger charge is -2.10. The summed E-state index contributed by atoms with van der Waals surface area (Å²) in [5.41, 5.74) is 6.41. The topological polar surface area (TPSA) is 73.1 Å². The van der Waals surface area contributed by atoms with Crippen LogP contribution in [0.4, 0.5) is 20.4 Å². The highest BCUT2D eigenvalue weighted by atomic mass is 19.3. The number of halogens is 2. The molecule has 0 saturated carbocycles. The zero-order valence-corrected chi connectivity index (χ0v) is 9.83. The standard InChI is InChI=1S/C10H16F2N4O/c1-6-9(13)15-7(2)16-10(6)14-3-4-17-5-8(11)12/h8H,3-5H2,1-2H3,(H3,13,14,15,16). The van der Waals surface area contributed by atoms with E-state index in [2.05, 4.69) is 15.3 Å². The first kappa shape index (κ1) is 13.6. The molecule has 1 aromatic rings. The SMILES string of the molecule is Cc1nc(N)c(C)c(NCCOCC(F)F)n1. The number of ether oxygens (including phenoxy) is 1. The molecule has 0 amide bonds. The second-order valence-corrected chi connectivity index (χ2v) is 3.52. The van der Waals surface area contributed by atoms with Gasteiger partial charge in [0.1, 0.15) is 24.1 Å². The van der Waals surface area contributed by atoms with Crippen molar-refractivity contribution in [1.82, 2.24) is 9.97 Å². The molecule has 3 N–H and O–H groups in total. The molecular formula is C10H16F2N4O. The van der Waals surface area contributed by atoms with Crippen LogP contribution in [0, 0.1) is 13.8 Å². The van der Waals surface area contributed by atoms with E-state index in [-0.39, 0.29) is 6.61 Å². The summed E-state index contributed by atoms with van der Waals surface area (Å²) in [6.45, 7) is 3.55. The van der Waals surface area contributed by atoms with Crippen LogP contribution in [0.1, 0.15) is 11.4 Å². The zero-order chi connectivity index (χ0) is 12.8. The van der Waals surface area contributed by atoms with Gasteiger partial charge in [-0.05, 0) is 13.8 Å². The maximum absolute atomic E-state index is 11.8. The lowest BCUT2D eigenvalue weighted by atomic mass is 10.3. The first-order valence-corrected chi connectivity index (χ1v) is 5.21. The van der Waals surface area contributed by atoms with Gasteiger partial charge in [0.25, 0.3) is 6.43 Å². The minimum atomic E-state index is -2.44. The maximum Gasteiger partial charge on any atom is 0.261 e. The molecule has 0 aliphatic rings. The first-order chi connectivity index (χ1) is 8.00. The van der Waals surface area contributed by atoms with Gasteiger partial charge in [-0.2, -0.15) is 0 Å². The summed E-state index contributed by atoms with van der Waals surface area (Å²) in [7, 11) is 0. The molecule has 0 bridgehead atoms. The third-order valence-electron chi connectivity index (χ3n) is 2.08. The average molecular weight is 246 g/mol. The van der Waals surface area contributed by atoms with Crippen LogP contribution in [0.25, 0.3) is 0 Å². The van der Waals surface area contributed by atoms with Gasteiger partial charge in [0.15, 0.2) is 0 Å². The van der Waals surface area contributed by atoms with Crippen LogP contribution in [-0.4, -0.2) is 36.2 Å². The van der Waals surface area contributed by atoms with E-state index in [1.54, 1.807) is 13.8 Å². The molecule has 0 radical (unpaired) electrons. The van der Waals surface area contributed by atoms with Gasteiger partial charge in [-0.15, -0.1) is 0 Å². The first-order valence-electron chi connectivity index (χ1n) is 5.21. The number of alkyl halides is 2. The second-order valence-electron chi connectivity index (χ2n) is 3.52. The van der Waals surface area contributed by atoms with Gasteiger partial charge in [0.2, 0.25) is 0 Å². The molecule has 0 aromatic carbocycles. The fourth-order valence-electron chi connectivity index (χ4n) is 1.24. The van der Waals surface area contributed by atoms with E-state index in [1.807, 2.05) is 0 Å². The molecule has 1 heterocycles. The van der Waals surface area contributed by atoms with E-state index in [0.717, 1.165) is 5.56 Å². The lowest BCUT2D eigenvalue weighted by molar-refractivity contribution is 0.0214. The number of anilines is 2. The van der Waals surface area contributed by atoms with E-state index in [4.69, 9.17) is 10.5 Å². The van der Waals surface area contributed by atoms with Gasteiger partial charge in [-0.1, -0.05) is 0 Å². The molecule has 0 aliphatic carbocycles. The number of aromatic nitrogens is 2. The number of hydrogen-bond donors (Lipinski definition) is 2. The summed E-state index contributed by atoms with van der Waals surface area (Å²) >= 11 is 0. The molecule has 96 valence electrons. The van der Waals surface area contributed by atoms with Crippen LogP contribution in [0.15, 0.2) is 0 Å². The number of nitrogens with one attached hydrogen (secondary N) is 1. The highest BCUT2D eigenvalue weighted by Crippen LogP contribution is 2.16. The summed E-state index contributed by atoms with van der Waals surface area (Å²) in [4.78, 5) is 8.16. The van der Waals surface area contributed by atoms with Gasteiger partial charge >= 0.3 is 0 Å². The summed E-state index contributed by atoms with van der Waals surface area (Å²) in [6, 6.07) is 0. The number of rotatable bonds is 6. The smallest absolute Gasteiger partial charge is 0.261 e.